The molecule has 4 N–H and O–H groups in total. The summed E-state index contributed by atoms with van der Waals surface area (Å²) in [5.41, 5.74) is 2.86. The predicted molar refractivity (Wildman–Crippen MR) is 179 cm³/mol. The maximum absolute atomic E-state index is 11.9. The first-order valence-corrected chi connectivity index (χ1v) is 14.1. The van der Waals surface area contributed by atoms with E-state index in [1.807, 2.05) is 84.9 Å². The average molecular weight is 764 g/mol. The Morgan fingerprint density at radius 2 is 0.895 bits per heavy atom. The van der Waals surface area contributed by atoms with Gasteiger partial charge in [-0.3, -0.25) is 20.2 Å². The Morgan fingerprint density at radius 3 is 1.24 bits per heavy atom. The van der Waals surface area contributed by atoms with Crippen molar-refractivity contribution < 1.29 is 9.59 Å². The van der Waals surface area contributed by atoms with Crippen LogP contribution in [0.5, 0.6) is 0 Å². The first kappa shape index (κ1) is 29.6. The lowest BCUT2D eigenvalue weighted by Gasteiger charge is -2.09. The summed E-state index contributed by atoms with van der Waals surface area (Å²) in [6.07, 6.45) is 0. The summed E-state index contributed by atoms with van der Waals surface area (Å²) >= 11 is 14.7. The van der Waals surface area contributed by atoms with Crippen LogP contribution in [0, 0.1) is 7.14 Å². The number of hydrogen-bond donors (Lipinski definition) is 4. The largest absolute Gasteiger partial charge is 0.332 e. The molecule has 0 saturated heterocycles. The van der Waals surface area contributed by atoms with E-state index in [0.29, 0.717) is 11.1 Å². The second kappa shape index (κ2) is 15.5. The van der Waals surface area contributed by atoms with Crippen LogP contribution >= 0.6 is 69.6 Å². The average Bonchev–Trinajstić information content (AvgIpc) is 2.90. The third-order valence-electron chi connectivity index (χ3n) is 4.69. The second-order valence-corrected chi connectivity index (χ2v) is 10.9. The molecule has 38 heavy (non-hydrogen) atoms. The van der Waals surface area contributed by atoms with Gasteiger partial charge in [-0.2, -0.15) is 0 Å². The SMILES string of the molecule is O=C(NC(=S)Nc1cccc(I)c1)c1ccccc1.O=C(NC(=S)Nc1cccc(I)c1)c1ccccc1. The van der Waals surface area contributed by atoms with Crippen molar-refractivity contribution >= 4 is 103 Å². The lowest BCUT2D eigenvalue weighted by Crippen LogP contribution is -2.34. The number of thiocarbonyl (C=S) groups is 2. The minimum absolute atomic E-state index is 0.219. The molecule has 4 aromatic rings. The molecule has 6 nitrogen and oxygen atoms in total. The molecule has 0 aliphatic heterocycles. The number of carbonyl (C=O) groups excluding carboxylic acids is 2. The molecule has 2 amide bonds. The molecule has 0 spiro atoms. The Balaban J connectivity index is 0.000000211. The van der Waals surface area contributed by atoms with Gasteiger partial charge in [-0.1, -0.05) is 48.5 Å². The molecule has 4 aromatic carbocycles. The Hall–Kier alpha value is -2.94. The van der Waals surface area contributed by atoms with Gasteiger partial charge in [-0.05, 0) is 130 Å². The van der Waals surface area contributed by atoms with Gasteiger partial charge in [0.05, 0.1) is 0 Å². The Morgan fingerprint density at radius 1 is 0.526 bits per heavy atom. The van der Waals surface area contributed by atoms with Crippen LogP contribution in [0.25, 0.3) is 0 Å². The van der Waals surface area contributed by atoms with E-state index < -0.39 is 0 Å². The van der Waals surface area contributed by atoms with Crippen molar-refractivity contribution in [1.29, 1.82) is 0 Å². The summed E-state index contributed by atoms with van der Waals surface area (Å²) in [6.45, 7) is 0. The normalized spacial score (nSPS) is 9.74. The smallest absolute Gasteiger partial charge is 0.257 e. The van der Waals surface area contributed by atoms with E-state index in [9.17, 15) is 9.59 Å². The number of halogens is 2. The maximum atomic E-state index is 11.9. The van der Waals surface area contributed by atoms with Gasteiger partial charge in [0, 0.05) is 29.6 Å². The lowest BCUT2D eigenvalue weighted by atomic mass is 10.2. The molecule has 0 aromatic heterocycles. The summed E-state index contributed by atoms with van der Waals surface area (Å²) < 4.78 is 2.19. The van der Waals surface area contributed by atoms with Crippen LogP contribution in [0.1, 0.15) is 20.7 Å². The summed E-state index contributed by atoms with van der Waals surface area (Å²) in [7, 11) is 0. The lowest BCUT2D eigenvalue weighted by molar-refractivity contribution is 0.0969. The molecule has 0 heterocycles. The van der Waals surface area contributed by atoms with Crippen molar-refractivity contribution in [2.24, 2.45) is 0 Å². The highest BCUT2D eigenvalue weighted by molar-refractivity contribution is 14.1. The Bertz CT molecular complexity index is 1310. The summed E-state index contributed by atoms with van der Waals surface area (Å²) in [4.78, 5) is 23.7. The van der Waals surface area contributed by atoms with E-state index in [0.717, 1.165) is 18.5 Å². The van der Waals surface area contributed by atoms with Crippen molar-refractivity contribution in [3.63, 3.8) is 0 Å². The fourth-order valence-electron chi connectivity index (χ4n) is 2.99. The van der Waals surface area contributed by atoms with E-state index in [4.69, 9.17) is 24.4 Å². The van der Waals surface area contributed by atoms with E-state index in [-0.39, 0.29) is 22.0 Å². The summed E-state index contributed by atoms with van der Waals surface area (Å²) in [5, 5.41) is 11.8. The van der Waals surface area contributed by atoms with Gasteiger partial charge >= 0.3 is 0 Å². The number of nitrogens with one attached hydrogen (secondary N) is 4. The van der Waals surface area contributed by atoms with Crippen LogP contribution < -0.4 is 21.3 Å². The van der Waals surface area contributed by atoms with Gasteiger partial charge in [0.2, 0.25) is 0 Å². The molecule has 0 radical (unpaired) electrons. The number of anilines is 2. The Labute approximate surface area is 259 Å². The van der Waals surface area contributed by atoms with Gasteiger partial charge < -0.3 is 10.6 Å². The third-order valence-corrected chi connectivity index (χ3v) is 6.44. The van der Waals surface area contributed by atoms with Gasteiger partial charge in [0.25, 0.3) is 11.8 Å². The van der Waals surface area contributed by atoms with Crippen molar-refractivity contribution in [2.45, 2.75) is 0 Å². The fraction of sp³-hybridized carbons (Fsp3) is 0. The standard InChI is InChI=1S/2C14H11IN2OS/c2*15-11-7-4-8-12(9-11)16-14(19)17-13(18)10-5-2-1-3-6-10/h2*1-9H,(H2,16,17,18,19). The molecule has 0 bridgehead atoms. The van der Waals surface area contributed by atoms with Gasteiger partial charge in [0.1, 0.15) is 0 Å². The number of hydrogen-bond acceptors (Lipinski definition) is 4. The highest BCUT2D eigenvalue weighted by atomic mass is 127. The van der Waals surface area contributed by atoms with Crippen molar-refractivity contribution in [1.82, 2.24) is 10.6 Å². The zero-order chi connectivity index (χ0) is 27.3. The molecule has 0 aliphatic rings. The topological polar surface area (TPSA) is 82.3 Å². The molecule has 192 valence electrons. The Kier molecular flexibility index (Phi) is 12.1. The summed E-state index contributed by atoms with van der Waals surface area (Å²) in [5.74, 6) is -0.438. The third kappa shape index (κ3) is 10.4. The van der Waals surface area contributed by atoms with Crippen LogP contribution in [0.3, 0.4) is 0 Å². The van der Waals surface area contributed by atoms with E-state index in [1.165, 1.54) is 0 Å². The minimum Gasteiger partial charge on any atom is -0.332 e. The predicted octanol–water partition coefficient (Wildman–Crippen LogP) is 6.84. The van der Waals surface area contributed by atoms with Gasteiger partial charge in [-0.25, -0.2) is 0 Å². The molecular weight excluding hydrogens is 742 g/mol. The molecule has 0 aliphatic carbocycles. The van der Waals surface area contributed by atoms with Gasteiger partial charge in [0.15, 0.2) is 10.2 Å². The van der Waals surface area contributed by atoms with Crippen LogP contribution in [-0.2, 0) is 0 Å². The number of amides is 2. The molecule has 0 unspecified atom stereocenters. The first-order chi connectivity index (χ1) is 18.3. The number of rotatable bonds is 4. The quantitative estimate of drug-likeness (QED) is 0.135. The molecule has 10 heteroatoms. The maximum Gasteiger partial charge on any atom is 0.257 e. The van der Waals surface area contributed by atoms with Crippen LogP contribution in [0.4, 0.5) is 11.4 Å². The molecular formula is C28H22I2N4O2S2. The van der Waals surface area contributed by atoms with Crippen molar-refractivity contribution in [3.05, 3.63) is 127 Å². The van der Waals surface area contributed by atoms with Crippen LogP contribution in [-0.4, -0.2) is 22.0 Å². The summed E-state index contributed by atoms with van der Waals surface area (Å²) in [6, 6.07) is 33.4. The highest BCUT2D eigenvalue weighted by Crippen LogP contribution is 2.13. The molecule has 0 atom stereocenters. The molecule has 4 rings (SSSR count). The van der Waals surface area contributed by atoms with Crippen LogP contribution in [0.2, 0.25) is 0 Å². The van der Waals surface area contributed by atoms with Crippen molar-refractivity contribution in [3.8, 4) is 0 Å². The fourth-order valence-corrected chi connectivity index (χ4v) is 4.49. The van der Waals surface area contributed by atoms with Crippen molar-refractivity contribution in [2.75, 3.05) is 10.6 Å². The highest BCUT2D eigenvalue weighted by Gasteiger charge is 2.08. The molecule has 0 saturated carbocycles. The number of benzene rings is 4. The van der Waals surface area contributed by atoms with E-state index in [2.05, 4.69) is 66.4 Å². The molecule has 0 fully saturated rings. The van der Waals surface area contributed by atoms with Crippen LogP contribution in [0.15, 0.2) is 109 Å². The monoisotopic (exact) mass is 764 g/mol. The van der Waals surface area contributed by atoms with Gasteiger partial charge in [-0.15, -0.1) is 0 Å². The van der Waals surface area contributed by atoms with E-state index in [1.54, 1.807) is 24.3 Å². The number of carbonyl (C=O) groups is 2. The second-order valence-electron chi connectivity index (χ2n) is 7.57. The zero-order valence-corrected chi connectivity index (χ0v) is 25.7. The minimum atomic E-state index is -0.219. The zero-order valence-electron chi connectivity index (χ0n) is 19.8. The first-order valence-electron chi connectivity index (χ1n) is 11.2. The van der Waals surface area contributed by atoms with E-state index >= 15 is 0 Å².